The highest BCUT2D eigenvalue weighted by Crippen LogP contribution is 2.25. The molecule has 0 saturated heterocycles. The van der Waals surface area contributed by atoms with Gasteiger partial charge in [-0.3, -0.25) is 14.2 Å². The molecule has 4 aromatic rings. The minimum atomic E-state index is -3.88. The molecular formula is C26H22ClN3O5S2. The second-order valence-corrected chi connectivity index (χ2v) is 11.8. The first-order chi connectivity index (χ1) is 17.5. The van der Waals surface area contributed by atoms with E-state index in [0.29, 0.717) is 22.5 Å². The van der Waals surface area contributed by atoms with Crippen LogP contribution in [0.25, 0.3) is 0 Å². The second kappa shape index (κ2) is 10.6. The van der Waals surface area contributed by atoms with Crippen molar-refractivity contribution in [1.29, 1.82) is 0 Å². The van der Waals surface area contributed by atoms with Crippen LogP contribution in [0.5, 0.6) is 0 Å². The van der Waals surface area contributed by atoms with Gasteiger partial charge in [0.1, 0.15) is 0 Å². The van der Waals surface area contributed by atoms with Crippen molar-refractivity contribution in [3.8, 4) is 0 Å². The van der Waals surface area contributed by atoms with Crippen molar-refractivity contribution >= 4 is 54.6 Å². The normalized spacial score (nSPS) is 11.5. The molecule has 0 fully saturated rings. The first-order valence-electron chi connectivity index (χ1n) is 10.9. The largest absolute Gasteiger partial charge is 0.322 e. The van der Waals surface area contributed by atoms with Crippen molar-refractivity contribution in [1.82, 2.24) is 0 Å². The Kier molecular flexibility index (Phi) is 7.53. The van der Waals surface area contributed by atoms with Crippen molar-refractivity contribution in [3.05, 3.63) is 113 Å². The topological polar surface area (TPSA) is 121 Å². The lowest BCUT2D eigenvalue weighted by atomic mass is 10.1. The highest BCUT2D eigenvalue weighted by atomic mass is 35.5. The maximum absolute atomic E-state index is 12.7. The number of aryl methyl sites for hydroxylation is 1. The minimum absolute atomic E-state index is 0.00341. The van der Waals surface area contributed by atoms with Gasteiger partial charge >= 0.3 is 0 Å². The molecule has 0 spiro atoms. The summed E-state index contributed by atoms with van der Waals surface area (Å²) in [5.74, 6) is -0.439. The molecule has 0 bridgehead atoms. The molecule has 0 saturated carbocycles. The smallest absolute Gasteiger partial charge is 0.261 e. The molecule has 11 heteroatoms. The van der Waals surface area contributed by atoms with Crippen molar-refractivity contribution in [3.63, 3.8) is 0 Å². The summed E-state index contributed by atoms with van der Waals surface area (Å²) >= 11 is 6.03. The maximum Gasteiger partial charge on any atom is 0.261 e. The van der Waals surface area contributed by atoms with E-state index >= 15 is 0 Å². The molecule has 1 amide bonds. The summed E-state index contributed by atoms with van der Waals surface area (Å²) in [6.07, 6.45) is 0. The monoisotopic (exact) mass is 555 g/mol. The van der Waals surface area contributed by atoms with Crippen LogP contribution in [0, 0.1) is 6.92 Å². The van der Waals surface area contributed by atoms with Crippen LogP contribution in [0.2, 0.25) is 5.02 Å². The van der Waals surface area contributed by atoms with Gasteiger partial charge in [0.25, 0.3) is 26.0 Å². The molecule has 0 heterocycles. The first kappa shape index (κ1) is 26.2. The molecule has 0 unspecified atom stereocenters. The molecule has 0 aliphatic carbocycles. The summed E-state index contributed by atoms with van der Waals surface area (Å²) < 4.78 is 55.5. The molecule has 190 valence electrons. The minimum Gasteiger partial charge on any atom is -0.322 e. The van der Waals surface area contributed by atoms with E-state index < -0.39 is 26.0 Å². The number of carbonyl (C=O) groups is 1. The number of carbonyl (C=O) groups excluding carboxylic acids is 1. The molecule has 0 aliphatic heterocycles. The highest BCUT2D eigenvalue weighted by molar-refractivity contribution is 7.93. The van der Waals surface area contributed by atoms with Gasteiger partial charge in [0.15, 0.2) is 0 Å². The summed E-state index contributed by atoms with van der Waals surface area (Å²) in [5.41, 5.74) is 1.84. The van der Waals surface area contributed by atoms with Crippen molar-refractivity contribution < 1.29 is 21.6 Å². The molecule has 0 aliphatic rings. The van der Waals surface area contributed by atoms with Gasteiger partial charge < -0.3 is 5.32 Å². The van der Waals surface area contributed by atoms with Gasteiger partial charge in [-0.15, -0.1) is 0 Å². The molecule has 4 aromatic carbocycles. The van der Waals surface area contributed by atoms with Crippen molar-refractivity contribution in [2.45, 2.75) is 16.7 Å². The van der Waals surface area contributed by atoms with E-state index in [4.69, 9.17) is 11.6 Å². The standard InChI is InChI=1S/C26H22ClN3O5S2/c1-18-17-19(11-16-24(18)29-36(32,33)21-7-3-2-4-8-21)26(31)28-20-12-14-22(15-13-20)37(34,35)30-25-10-6-5-9-23(25)27/h2-17,29-30H,1H3,(H,28,31). The van der Waals surface area contributed by atoms with Crippen molar-refractivity contribution in [2.24, 2.45) is 0 Å². The summed E-state index contributed by atoms with van der Waals surface area (Å²) in [6, 6.07) is 24.7. The Bertz CT molecular complexity index is 1660. The quantitative estimate of drug-likeness (QED) is 0.265. The maximum atomic E-state index is 12.7. The highest BCUT2D eigenvalue weighted by Gasteiger charge is 2.18. The Balaban J connectivity index is 1.44. The van der Waals surface area contributed by atoms with Crippen LogP contribution in [-0.4, -0.2) is 22.7 Å². The third kappa shape index (κ3) is 6.29. The van der Waals surface area contributed by atoms with Crippen LogP contribution in [0.1, 0.15) is 15.9 Å². The van der Waals surface area contributed by atoms with Gasteiger partial charge in [0, 0.05) is 11.3 Å². The Hall–Kier alpha value is -3.86. The van der Waals surface area contributed by atoms with Gasteiger partial charge in [-0.05, 0) is 79.2 Å². The molecule has 0 atom stereocenters. The van der Waals surface area contributed by atoms with Gasteiger partial charge in [0.2, 0.25) is 0 Å². The average Bonchev–Trinajstić information content (AvgIpc) is 2.87. The first-order valence-corrected chi connectivity index (χ1v) is 14.3. The number of rotatable bonds is 8. The van der Waals surface area contributed by atoms with E-state index in [1.807, 2.05) is 0 Å². The van der Waals surface area contributed by atoms with E-state index in [1.54, 1.807) is 55.5 Å². The number of benzene rings is 4. The van der Waals surface area contributed by atoms with Crippen LogP contribution < -0.4 is 14.8 Å². The molecule has 3 N–H and O–H groups in total. The number of sulfonamides is 2. The molecule has 0 aromatic heterocycles. The Morgan fingerprint density at radius 1 is 0.676 bits per heavy atom. The van der Waals surface area contributed by atoms with E-state index in [2.05, 4.69) is 14.8 Å². The SMILES string of the molecule is Cc1cc(C(=O)Nc2ccc(S(=O)(=O)Nc3ccccc3Cl)cc2)ccc1NS(=O)(=O)c1ccccc1. The third-order valence-corrected chi connectivity index (χ3v) is 8.42. The van der Waals surface area contributed by atoms with E-state index in [9.17, 15) is 21.6 Å². The number of hydrogen-bond acceptors (Lipinski definition) is 5. The van der Waals surface area contributed by atoms with E-state index in [-0.39, 0.29) is 20.5 Å². The number of hydrogen-bond donors (Lipinski definition) is 3. The predicted molar refractivity (Wildman–Crippen MR) is 145 cm³/mol. The molecule has 4 rings (SSSR count). The molecule has 8 nitrogen and oxygen atoms in total. The molecular weight excluding hydrogens is 534 g/mol. The third-order valence-electron chi connectivity index (χ3n) is 5.33. The number of halogens is 1. The van der Waals surface area contributed by atoms with Gasteiger partial charge in [-0.1, -0.05) is 41.9 Å². The van der Waals surface area contributed by atoms with E-state index in [1.165, 1.54) is 48.5 Å². The predicted octanol–water partition coefficient (Wildman–Crippen LogP) is 5.50. The van der Waals surface area contributed by atoms with Crippen LogP contribution in [-0.2, 0) is 20.0 Å². The summed E-state index contributed by atoms with van der Waals surface area (Å²) in [5, 5.41) is 2.97. The number of anilines is 3. The fourth-order valence-electron chi connectivity index (χ4n) is 3.39. The number of nitrogens with one attached hydrogen (secondary N) is 3. The zero-order chi connectivity index (χ0) is 26.6. The number of para-hydroxylation sites is 1. The molecule has 37 heavy (non-hydrogen) atoms. The van der Waals surface area contributed by atoms with Crippen molar-refractivity contribution in [2.75, 3.05) is 14.8 Å². The fourth-order valence-corrected chi connectivity index (χ4v) is 5.86. The average molecular weight is 556 g/mol. The summed E-state index contributed by atoms with van der Waals surface area (Å²) in [7, 11) is -7.65. The Morgan fingerprint density at radius 3 is 1.86 bits per heavy atom. The van der Waals surface area contributed by atoms with E-state index in [0.717, 1.165) is 0 Å². The zero-order valence-electron chi connectivity index (χ0n) is 19.5. The lowest BCUT2D eigenvalue weighted by Gasteiger charge is -2.13. The fraction of sp³-hybridized carbons (Fsp3) is 0.0385. The Morgan fingerprint density at radius 2 is 1.24 bits per heavy atom. The van der Waals surface area contributed by atoms with Gasteiger partial charge in [-0.25, -0.2) is 16.8 Å². The summed E-state index contributed by atoms with van der Waals surface area (Å²) in [6.45, 7) is 1.69. The van der Waals surface area contributed by atoms with Crippen LogP contribution in [0.3, 0.4) is 0 Å². The molecule has 0 radical (unpaired) electrons. The van der Waals surface area contributed by atoms with Crippen LogP contribution in [0.15, 0.2) is 107 Å². The zero-order valence-corrected chi connectivity index (χ0v) is 21.9. The van der Waals surface area contributed by atoms with Gasteiger partial charge in [0.05, 0.1) is 26.2 Å². The lowest BCUT2D eigenvalue weighted by Crippen LogP contribution is -2.16. The second-order valence-electron chi connectivity index (χ2n) is 8.01. The van der Waals surface area contributed by atoms with Crippen LogP contribution >= 0.6 is 11.6 Å². The lowest BCUT2D eigenvalue weighted by molar-refractivity contribution is 0.102. The van der Waals surface area contributed by atoms with Gasteiger partial charge in [-0.2, -0.15) is 0 Å². The summed E-state index contributed by atoms with van der Waals surface area (Å²) in [4.78, 5) is 12.9. The van der Waals surface area contributed by atoms with Crippen LogP contribution in [0.4, 0.5) is 17.1 Å². The Labute approximate surface area is 220 Å². The number of amides is 1.